The maximum absolute atomic E-state index is 4.43. The molecule has 3 heteroatoms. The second-order valence-corrected chi connectivity index (χ2v) is 6.00. The van der Waals surface area contributed by atoms with Crippen LogP contribution in [0.3, 0.4) is 0 Å². The lowest BCUT2D eigenvalue weighted by atomic mass is 9.92. The van der Waals surface area contributed by atoms with Crippen molar-refractivity contribution in [3.63, 3.8) is 0 Å². The van der Waals surface area contributed by atoms with Gasteiger partial charge in [0.25, 0.3) is 0 Å². The number of hydrogen-bond donors (Lipinski definition) is 1. The van der Waals surface area contributed by atoms with E-state index >= 15 is 0 Å². The van der Waals surface area contributed by atoms with E-state index in [0.29, 0.717) is 11.5 Å². The van der Waals surface area contributed by atoms with Gasteiger partial charge in [0.15, 0.2) is 0 Å². The van der Waals surface area contributed by atoms with Gasteiger partial charge >= 0.3 is 0 Å². The molecule has 96 valence electrons. The highest BCUT2D eigenvalue weighted by Crippen LogP contribution is 2.44. The highest BCUT2D eigenvalue weighted by atomic mass is 15.2. The van der Waals surface area contributed by atoms with E-state index < -0.39 is 0 Å². The molecule has 0 spiro atoms. The molecule has 0 aromatic carbocycles. The number of aromatic nitrogens is 2. The van der Waals surface area contributed by atoms with Crippen molar-refractivity contribution in [2.24, 2.45) is 5.41 Å². The zero-order valence-corrected chi connectivity index (χ0v) is 11.4. The number of imidazole rings is 1. The molecule has 1 atom stereocenters. The van der Waals surface area contributed by atoms with Crippen LogP contribution in [0, 0.1) is 5.41 Å². The molecule has 0 bridgehead atoms. The van der Waals surface area contributed by atoms with Gasteiger partial charge in [0.05, 0.1) is 0 Å². The third-order valence-corrected chi connectivity index (χ3v) is 3.82. The average molecular weight is 235 g/mol. The number of nitrogens with one attached hydrogen (secondary N) is 1. The van der Waals surface area contributed by atoms with E-state index in [1.807, 2.05) is 6.20 Å². The molecule has 1 aliphatic carbocycles. The first-order valence-corrected chi connectivity index (χ1v) is 6.89. The van der Waals surface area contributed by atoms with Crippen molar-refractivity contribution in [1.29, 1.82) is 0 Å². The van der Waals surface area contributed by atoms with Crippen LogP contribution in [0.2, 0.25) is 0 Å². The summed E-state index contributed by atoms with van der Waals surface area (Å²) in [6, 6.07) is 0.636. The minimum atomic E-state index is 0.496. The summed E-state index contributed by atoms with van der Waals surface area (Å²) in [5, 5.41) is 3.45. The number of nitrogens with zero attached hydrogens (tertiary/aromatic N) is 2. The Morgan fingerprint density at radius 1 is 1.53 bits per heavy atom. The Morgan fingerprint density at radius 2 is 2.35 bits per heavy atom. The number of anilines is 1. The van der Waals surface area contributed by atoms with Crippen molar-refractivity contribution >= 4 is 5.95 Å². The van der Waals surface area contributed by atoms with Crippen molar-refractivity contribution in [2.75, 3.05) is 11.9 Å². The van der Waals surface area contributed by atoms with E-state index in [1.165, 1.54) is 32.1 Å². The highest BCUT2D eigenvalue weighted by molar-refractivity contribution is 5.26. The molecule has 0 radical (unpaired) electrons. The molecule has 1 aliphatic rings. The molecular formula is C14H25N3. The summed E-state index contributed by atoms with van der Waals surface area (Å²) in [6.07, 6.45) is 10.4. The monoisotopic (exact) mass is 235 g/mol. The number of unbranched alkanes of at least 4 members (excludes halogenated alkanes) is 1. The largest absolute Gasteiger partial charge is 0.356 e. The summed E-state index contributed by atoms with van der Waals surface area (Å²) in [5.41, 5.74) is 0.496. The molecule has 1 unspecified atom stereocenters. The molecule has 0 saturated heterocycles. The van der Waals surface area contributed by atoms with Crippen molar-refractivity contribution in [2.45, 2.75) is 58.9 Å². The number of hydrogen-bond acceptors (Lipinski definition) is 2. The maximum Gasteiger partial charge on any atom is 0.203 e. The summed E-state index contributed by atoms with van der Waals surface area (Å²) >= 11 is 0. The lowest BCUT2D eigenvalue weighted by Crippen LogP contribution is -2.13. The van der Waals surface area contributed by atoms with Gasteiger partial charge in [-0.3, -0.25) is 0 Å². The fraction of sp³-hybridized carbons (Fsp3) is 0.786. The highest BCUT2D eigenvalue weighted by Gasteiger charge is 2.32. The van der Waals surface area contributed by atoms with Crippen LogP contribution in [0.15, 0.2) is 12.4 Å². The molecule has 0 aliphatic heterocycles. The minimum Gasteiger partial charge on any atom is -0.356 e. The van der Waals surface area contributed by atoms with E-state index in [2.05, 4.69) is 41.8 Å². The average Bonchev–Trinajstić information content (AvgIpc) is 2.85. The lowest BCUT2D eigenvalue weighted by Gasteiger charge is -2.19. The van der Waals surface area contributed by atoms with Crippen LogP contribution < -0.4 is 5.32 Å². The lowest BCUT2D eigenvalue weighted by molar-refractivity contribution is 0.359. The Labute approximate surface area is 105 Å². The minimum absolute atomic E-state index is 0.496. The van der Waals surface area contributed by atoms with Crippen molar-refractivity contribution in [3.8, 4) is 0 Å². The summed E-state index contributed by atoms with van der Waals surface area (Å²) < 4.78 is 2.34. The fourth-order valence-electron chi connectivity index (χ4n) is 2.76. The van der Waals surface area contributed by atoms with E-state index in [0.717, 1.165) is 12.5 Å². The predicted octanol–water partition coefficient (Wildman–Crippen LogP) is 3.85. The summed E-state index contributed by atoms with van der Waals surface area (Å²) in [6.45, 7) is 7.99. The van der Waals surface area contributed by atoms with Crippen LogP contribution in [0.25, 0.3) is 0 Å². The summed E-state index contributed by atoms with van der Waals surface area (Å²) in [4.78, 5) is 4.43. The smallest absolute Gasteiger partial charge is 0.203 e. The molecule has 1 heterocycles. The van der Waals surface area contributed by atoms with E-state index in [4.69, 9.17) is 0 Å². The van der Waals surface area contributed by atoms with E-state index in [1.54, 1.807) is 0 Å². The predicted molar refractivity (Wildman–Crippen MR) is 72.3 cm³/mol. The second-order valence-electron chi connectivity index (χ2n) is 6.00. The Hall–Kier alpha value is -0.990. The van der Waals surface area contributed by atoms with Crippen molar-refractivity contribution in [1.82, 2.24) is 9.55 Å². The molecular weight excluding hydrogens is 210 g/mol. The van der Waals surface area contributed by atoms with Crippen LogP contribution in [-0.4, -0.2) is 16.1 Å². The third-order valence-electron chi connectivity index (χ3n) is 3.82. The number of rotatable bonds is 5. The van der Waals surface area contributed by atoms with Gasteiger partial charge in [-0.25, -0.2) is 4.98 Å². The zero-order valence-electron chi connectivity index (χ0n) is 11.4. The third kappa shape index (κ3) is 3.02. The van der Waals surface area contributed by atoms with Gasteiger partial charge < -0.3 is 9.88 Å². The topological polar surface area (TPSA) is 29.9 Å². The molecule has 0 amide bonds. The first-order valence-electron chi connectivity index (χ1n) is 6.89. The van der Waals surface area contributed by atoms with Gasteiger partial charge in [0.1, 0.15) is 0 Å². The first kappa shape index (κ1) is 12.5. The zero-order chi connectivity index (χ0) is 12.3. The molecule has 2 rings (SSSR count). The first-order chi connectivity index (χ1) is 8.12. The molecule has 3 nitrogen and oxygen atoms in total. The Balaban J connectivity index is 1.99. The van der Waals surface area contributed by atoms with Gasteiger partial charge in [-0.15, -0.1) is 0 Å². The van der Waals surface area contributed by atoms with Crippen LogP contribution in [0.4, 0.5) is 5.95 Å². The van der Waals surface area contributed by atoms with Gasteiger partial charge in [-0.2, -0.15) is 0 Å². The van der Waals surface area contributed by atoms with Gasteiger partial charge in [-0.1, -0.05) is 27.2 Å². The van der Waals surface area contributed by atoms with Gasteiger partial charge in [0.2, 0.25) is 5.95 Å². The fourth-order valence-corrected chi connectivity index (χ4v) is 2.76. The SMILES string of the molecule is CCCCNc1nccn1C1CCC(C)(C)C1. The molecule has 1 aromatic rings. The molecule has 1 fully saturated rings. The normalized spacial score (nSPS) is 22.9. The van der Waals surface area contributed by atoms with Crippen LogP contribution in [-0.2, 0) is 0 Å². The van der Waals surface area contributed by atoms with E-state index in [-0.39, 0.29) is 0 Å². The summed E-state index contributed by atoms with van der Waals surface area (Å²) in [7, 11) is 0. The Morgan fingerprint density at radius 3 is 3.00 bits per heavy atom. The van der Waals surface area contributed by atoms with Crippen LogP contribution in [0.1, 0.15) is 58.9 Å². The van der Waals surface area contributed by atoms with Crippen molar-refractivity contribution in [3.05, 3.63) is 12.4 Å². The molecule has 17 heavy (non-hydrogen) atoms. The van der Waals surface area contributed by atoms with Crippen LogP contribution >= 0.6 is 0 Å². The molecule has 1 N–H and O–H groups in total. The second kappa shape index (κ2) is 5.11. The van der Waals surface area contributed by atoms with E-state index in [9.17, 15) is 0 Å². The van der Waals surface area contributed by atoms with Crippen molar-refractivity contribution < 1.29 is 0 Å². The maximum atomic E-state index is 4.43. The molecule has 1 saturated carbocycles. The standard InChI is InChI=1S/C14H25N3/c1-4-5-8-15-13-16-9-10-17(13)12-6-7-14(2,3)11-12/h9-10,12H,4-8,11H2,1-3H3,(H,15,16). The Bertz CT molecular complexity index is 354. The Kier molecular flexibility index (Phi) is 3.75. The summed E-state index contributed by atoms with van der Waals surface area (Å²) in [5.74, 6) is 1.06. The van der Waals surface area contributed by atoms with Gasteiger partial charge in [-0.05, 0) is 31.1 Å². The molecule has 1 aromatic heterocycles. The van der Waals surface area contributed by atoms with Crippen LogP contribution in [0.5, 0.6) is 0 Å². The quantitative estimate of drug-likeness (QED) is 0.786. The van der Waals surface area contributed by atoms with Gasteiger partial charge in [0, 0.05) is 25.0 Å².